The zero-order valence-corrected chi connectivity index (χ0v) is 17.8. The molecular weight excluding hydrogens is 425 g/mol. The molecule has 8 heteroatoms. The number of hydrogen-bond acceptors (Lipinski definition) is 5. The molecule has 0 bridgehead atoms. The molecule has 1 N–H and O–H groups in total. The highest BCUT2D eigenvalue weighted by atomic mass is 35.5. The fraction of sp³-hybridized carbons (Fsp3) is 0.273. The topological polar surface area (TPSA) is 54.5 Å². The van der Waals surface area contributed by atoms with Crippen LogP contribution in [0.1, 0.15) is 11.3 Å². The second-order valence-corrected chi connectivity index (χ2v) is 8.35. The van der Waals surface area contributed by atoms with Crippen molar-refractivity contribution < 1.29 is 13.9 Å². The number of ether oxygens (including phenoxy) is 1. The third-order valence-corrected chi connectivity index (χ3v) is 6.04. The number of nitrogens with zero attached hydrogens (tertiary/aromatic N) is 2. The summed E-state index contributed by atoms with van der Waals surface area (Å²) in [7, 11) is 0. The summed E-state index contributed by atoms with van der Waals surface area (Å²) in [5.41, 5.74) is 3.44. The number of rotatable bonds is 6. The molecule has 0 spiro atoms. The molecule has 156 valence electrons. The number of hydrogen-bond donors (Lipinski definition) is 1. The van der Waals surface area contributed by atoms with Gasteiger partial charge in [0.25, 0.3) is 0 Å². The lowest BCUT2D eigenvalue weighted by Crippen LogP contribution is -2.35. The highest BCUT2D eigenvalue weighted by Crippen LogP contribution is 2.25. The number of anilines is 1. The van der Waals surface area contributed by atoms with Crippen molar-refractivity contribution in [1.29, 1.82) is 0 Å². The van der Waals surface area contributed by atoms with E-state index in [1.807, 2.05) is 5.38 Å². The molecular formula is C22H21ClFN3O2S. The van der Waals surface area contributed by atoms with Crippen LogP contribution in [0.15, 0.2) is 47.8 Å². The molecule has 1 saturated heterocycles. The minimum absolute atomic E-state index is 0.0270. The first kappa shape index (κ1) is 20.9. The van der Waals surface area contributed by atoms with Crippen LogP contribution in [0.5, 0.6) is 0 Å². The lowest BCUT2D eigenvalue weighted by atomic mass is 10.1. The van der Waals surface area contributed by atoms with Gasteiger partial charge in [0, 0.05) is 36.3 Å². The van der Waals surface area contributed by atoms with Gasteiger partial charge in [-0.05, 0) is 23.8 Å². The van der Waals surface area contributed by atoms with Crippen LogP contribution in [0.4, 0.5) is 10.1 Å². The number of halogens is 2. The average molecular weight is 446 g/mol. The predicted octanol–water partition coefficient (Wildman–Crippen LogP) is 4.62. The zero-order chi connectivity index (χ0) is 20.9. The lowest BCUT2D eigenvalue weighted by molar-refractivity contribution is -0.115. The van der Waals surface area contributed by atoms with Gasteiger partial charge in [-0.25, -0.2) is 9.37 Å². The molecule has 2 heterocycles. The standard InChI is InChI=1S/C22H21ClFN3O2S/c23-19-11-17(5-6-20(19)24)25-21(28)12-18-14-30-22(26-18)16-3-1-15(2-4-16)13-27-7-9-29-10-8-27/h1-6,11,14H,7-10,12-13H2,(H,25,28). The maximum absolute atomic E-state index is 13.2. The van der Waals surface area contributed by atoms with E-state index in [4.69, 9.17) is 16.3 Å². The molecule has 3 aromatic rings. The summed E-state index contributed by atoms with van der Waals surface area (Å²) in [5, 5.41) is 5.45. The van der Waals surface area contributed by atoms with Crippen LogP contribution in [0, 0.1) is 5.82 Å². The van der Waals surface area contributed by atoms with E-state index in [0.29, 0.717) is 11.4 Å². The maximum atomic E-state index is 13.2. The first-order valence-electron chi connectivity index (χ1n) is 9.65. The highest BCUT2D eigenvalue weighted by Gasteiger charge is 2.12. The van der Waals surface area contributed by atoms with Crippen molar-refractivity contribution in [2.45, 2.75) is 13.0 Å². The third kappa shape index (κ3) is 5.43. The number of thiazole rings is 1. The Balaban J connectivity index is 1.35. The Hall–Kier alpha value is -2.32. The quantitative estimate of drug-likeness (QED) is 0.601. The molecule has 1 amide bonds. The summed E-state index contributed by atoms with van der Waals surface area (Å²) in [6, 6.07) is 12.5. The Labute approximate surface area is 183 Å². The van der Waals surface area contributed by atoms with Crippen LogP contribution in [0.25, 0.3) is 10.6 Å². The fourth-order valence-corrected chi connectivity index (χ4v) is 4.24. The zero-order valence-electron chi connectivity index (χ0n) is 16.2. The van der Waals surface area contributed by atoms with Crippen molar-refractivity contribution in [3.63, 3.8) is 0 Å². The van der Waals surface area contributed by atoms with Gasteiger partial charge < -0.3 is 10.1 Å². The van der Waals surface area contributed by atoms with E-state index in [0.717, 1.165) is 43.4 Å². The van der Waals surface area contributed by atoms with Gasteiger partial charge >= 0.3 is 0 Å². The summed E-state index contributed by atoms with van der Waals surface area (Å²) in [6.45, 7) is 4.43. The van der Waals surface area contributed by atoms with Crippen LogP contribution < -0.4 is 5.32 Å². The molecule has 1 fully saturated rings. The number of nitrogens with one attached hydrogen (secondary N) is 1. The van der Waals surface area contributed by atoms with E-state index in [1.54, 1.807) is 0 Å². The van der Waals surface area contributed by atoms with Crippen molar-refractivity contribution in [3.05, 3.63) is 69.9 Å². The normalized spacial score (nSPS) is 14.6. The summed E-state index contributed by atoms with van der Waals surface area (Å²) >= 11 is 7.26. The first-order valence-corrected chi connectivity index (χ1v) is 10.9. The third-order valence-electron chi connectivity index (χ3n) is 4.81. The molecule has 2 aromatic carbocycles. The number of carbonyl (C=O) groups is 1. The van der Waals surface area contributed by atoms with E-state index < -0.39 is 5.82 Å². The Kier molecular flexibility index (Phi) is 6.74. The van der Waals surface area contributed by atoms with Gasteiger partial charge in [-0.15, -0.1) is 11.3 Å². The van der Waals surface area contributed by atoms with Gasteiger partial charge in [-0.1, -0.05) is 35.9 Å². The molecule has 0 saturated carbocycles. The summed E-state index contributed by atoms with van der Waals surface area (Å²) in [6.07, 6.45) is 0.139. The summed E-state index contributed by atoms with van der Waals surface area (Å²) in [5.74, 6) is -0.745. The van der Waals surface area contributed by atoms with Crippen LogP contribution in [-0.4, -0.2) is 42.1 Å². The van der Waals surface area contributed by atoms with Crippen molar-refractivity contribution >= 4 is 34.5 Å². The SMILES string of the molecule is O=C(Cc1csc(-c2ccc(CN3CCOCC3)cc2)n1)Nc1ccc(F)c(Cl)c1. The molecule has 0 aliphatic carbocycles. The number of morpholine rings is 1. The summed E-state index contributed by atoms with van der Waals surface area (Å²) < 4.78 is 18.6. The molecule has 4 rings (SSSR count). The van der Waals surface area contributed by atoms with Gasteiger partial charge in [0.1, 0.15) is 10.8 Å². The second kappa shape index (κ2) is 9.66. The first-order chi connectivity index (χ1) is 14.6. The smallest absolute Gasteiger partial charge is 0.230 e. The molecule has 5 nitrogen and oxygen atoms in total. The average Bonchev–Trinajstić information content (AvgIpc) is 3.20. The van der Waals surface area contributed by atoms with Crippen LogP contribution in [0.2, 0.25) is 5.02 Å². The van der Waals surface area contributed by atoms with Gasteiger partial charge in [0.2, 0.25) is 5.91 Å². The Morgan fingerprint density at radius 1 is 1.20 bits per heavy atom. The fourth-order valence-electron chi connectivity index (χ4n) is 3.23. The number of aromatic nitrogens is 1. The molecule has 1 aromatic heterocycles. The van der Waals surface area contributed by atoms with Gasteiger partial charge in [-0.3, -0.25) is 9.69 Å². The lowest BCUT2D eigenvalue weighted by Gasteiger charge is -2.26. The number of carbonyl (C=O) groups excluding carboxylic acids is 1. The molecule has 0 atom stereocenters. The van der Waals surface area contributed by atoms with Crippen molar-refractivity contribution in [2.24, 2.45) is 0 Å². The number of benzene rings is 2. The molecule has 30 heavy (non-hydrogen) atoms. The van der Waals surface area contributed by atoms with E-state index in [-0.39, 0.29) is 17.4 Å². The van der Waals surface area contributed by atoms with Gasteiger partial charge in [-0.2, -0.15) is 0 Å². The van der Waals surface area contributed by atoms with E-state index in [9.17, 15) is 9.18 Å². The second-order valence-electron chi connectivity index (χ2n) is 7.08. The molecule has 1 aliphatic heterocycles. The minimum atomic E-state index is -0.519. The number of amides is 1. The van der Waals surface area contributed by atoms with Crippen molar-refractivity contribution in [2.75, 3.05) is 31.6 Å². The minimum Gasteiger partial charge on any atom is -0.379 e. The van der Waals surface area contributed by atoms with Crippen LogP contribution in [0.3, 0.4) is 0 Å². The summed E-state index contributed by atoms with van der Waals surface area (Å²) in [4.78, 5) is 19.2. The van der Waals surface area contributed by atoms with Gasteiger partial charge in [0.05, 0.1) is 30.4 Å². The Bertz CT molecular complexity index is 1020. The van der Waals surface area contributed by atoms with Crippen LogP contribution >= 0.6 is 22.9 Å². The Morgan fingerprint density at radius 2 is 1.97 bits per heavy atom. The van der Waals surface area contributed by atoms with E-state index in [1.165, 1.54) is 35.1 Å². The molecule has 1 aliphatic rings. The highest BCUT2D eigenvalue weighted by molar-refractivity contribution is 7.13. The maximum Gasteiger partial charge on any atom is 0.230 e. The largest absolute Gasteiger partial charge is 0.379 e. The van der Waals surface area contributed by atoms with Crippen LogP contribution in [-0.2, 0) is 22.5 Å². The molecule has 0 radical (unpaired) electrons. The molecule has 0 unspecified atom stereocenters. The predicted molar refractivity (Wildman–Crippen MR) is 117 cm³/mol. The van der Waals surface area contributed by atoms with Gasteiger partial charge in [0.15, 0.2) is 0 Å². The monoisotopic (exact) mass is 445 g/mol. The van der Waals surface area contributed by atoms with E-state index >= 15 is 0 Å². The van der Waals surface area contributed by atoms with Crippen molar-refractivity contribution in [1.82, 2.24) is 9.88 Å². The van der Waals surface area contributed by atoms with Crippen molar-refractivity contribution in [3.8, 4) is 10.6 Å². The van der Waals surface area contributed by atoms with E-state index in [2.05, 4.69) is 39.5 Å². The Morgan fingerprint density at radius 3 is 2.70 bits per heavy atom.